The van der Waals surface area contributed by atoms with E-state index in [1.54, 1.807) is 11.0 Å². The third kappa shape index (κ3) is 4.32. The highest BCUT2D eigenvalue weighted by atomic mass is 19.1. The van der Waals surface area contributed by atoms with Crippen LogP contribution in [0.5, 0.6) is 5.75 Å². The fourth-order valence-electron chi connectivity index (χ4n) is 2.38. The molecule has 22 heavy (non-hydrogen) atoms. The number of rotatable bonds is 3. The van der Waals surface area contributed by atoms with Crippen molar-refractivity contribution in [3.8, 4) is 5.75 Å². The molecule has 1 amide bonds. The second-order valence-electron chi connectivity index (χ2n) is 6.58. The molecular weight excluding hydrogens is 287 g/mol. The molecular formula is C16H23FN2O3. The lowest BCUT2D eigenvalue weighted by atomic mass is 10.2. The largest absolute Gasteiger partial charge is 0.487 e. The van der Waals surface area contributed by atoms with E-state index in [1.807, 2.05) is 27.7 Å². The number of hydrogen-bond acceptors (Lipinski definition) is 4. The van der Waals surface area contributed by atoms with Crippen LogP contribution in [0.4, 0.5) is 9.18 Å². The van der Waals surface area contributed by atoms with Gasteiger partial charge in [-0.1, -0.05) is 0 Å². The SMILES string of the molecule is Cc1cnc(F)c(OCC2CCCN2C(=O)OC(C)(C)C)c1. The van der Waals surface area contributed by atoms with Crippen molar-refractivity contribution >= 4 is 6.09 Å². The van der Waals surface area contributed by atoms with Crippen LogP contribution < -0.4 is 4.74 Å². The maximum absolute atomic E-state index is 13.6. The lowest BCUT2D eigenvalue weighted by Crippen LogP contribution is -2.42. The summed E-state index contributed by atoms with van der Waals surface area (Å²) in [5.74, 6) is -0.511. The van der Waals surface area contributed by atoms with E-state index in [9.17, 15) is 9.18 Å². The summed E-state index contributed by atoms with van der Waals surface area (Å²) in [5, 5.41) is 0. The van der Waals surface area contributed by atoms with Crippen LogP contribution in [0.2, 0.25) is 0 Å². The van der Waals surface area contributed by atoms with Crippen LogP contribution in [0, 0.1) is 12.9 Å². The first-order valence-electron chi connectivity index (χ1n) is 7.51. The number of likely N-dealkylation sites (tertiary alicyclic amines) is 1. The third-order valence-electron chi connectivity index (χ3n) is 3.38. The molecule has 1 aromatic heterocycles. The van der Waals surface area contributed by atoms with E-state index in [0.717, 1.165) is 18.4 Å². The van der Waals surface area contributed by atoms with Crippen molar-refractivity contribution in [3.63, 3.8) is 0 Å². The average molecular weight is 310 g/mol. The average Bonchev–Trinajstić information content (AvgIpc) is 2.86. The molecule has 5 nitrogen and oxygen atoms in total. The number of halogens is 1. The quantitative estimate of drug-likeness (QED) is 0.804. The topological polar surface area (TPSA) is 51.7 Å². The van der Waals surface area contributed by atoms with Gasteiger partial charge >= 0.3 is 6.09 Å². The predicted molar refractivity (Wildman–Crippen MR) is 80.4 cm³/mol. The van der Waals surface area contributed by atoms with E-state index in [-0.39, 0.29) is 24.5 Å². The summed E-state index contributed by atoms with van der Waals surface area (Å²) in [7, 11) is 0. The summed E-state index contributed by atoms with van der Waals surface area (Å²) >= 11 is 0. The molecule has 1 atom stereocenters. The summed E-state index contributed by atoms with van der Waals surface area (Å²) in [6.07, 6.45) is 2.81. The smallest absolute Gasteiger partial charge is 0.410 e. The van der Waals surface area contributed by atoms with Crippen molar-refractivity contribution in [2.24, 2.45) is 0 Å². The van der Waals surface area contributed by atoms with Gasteiger partial charge in [0, 0.05) is 12.7 Å². The molecule has 0 saturated carbocycles. The molecule has 1 fully saturated rings. The van der Waals surface area contributed by atoms with Gasteiger partial charge in [-0.05, 0) is 52.2 Å². The first-order chi connectivity index (χ1) is 10.3. The Labute approximate surface area is 130 Å². The molecule has 0 bridgehead atoms. The van der Waals surface area contributed by atoms with Crippen LogP contribution in [-0.4, -0.2) is 40.8 Å². The minimum absolute atomic E-state index is 0.102. The van der Waals surface area contributed by atoms with E-state index in [1.165, 1.54) is 6.20 Å². The number of aromatic nitrogens is 1. The first-order valence-corrected chi connectivity index (χ1v) is 7.51. The maximum Gasteiger partial charge on any atom is 0.410 e. The molecule has 2 rings (SSSR count). The summed E-state index contributed by atoms with van der Waals surface area (Å²) in [6, 6.07) is 1.50. The summed E-state index contributed by atoms with van der Waals surface area (Å²) < 4.78 is 24.5. The van der Waals surface area contributed by atoms with Crippen molar-refractivity contribution in [1.29, 1.82) is 0 Å². The number of amides is 1. The van der Waals surface area contributed by atoms with E-state index in [4.69, 9.17) is 9.47 Å². The van der Waals surface area contributed by atoms with E-state index >= 15 is 0 Å². The van der Waals surface area contributed by atoms with Crippen LogP contribution in [-0.2, 0) is 4.74 Å². The highest BCUT2D eigenvalue weighted by molar-refractivity contribution is 5.69. The summed E-state index contributed by atoms with van der Waals surface area (Å²) in [4.78, 5) is 17.5. The van der Waals surface area contributed by atoms with Gasteiger partial charge in [-0.15, -0.1) is 0 Å². The predicted octanol–water partition coefficient (Wildman–Crippen LogP) is 3.31. The first kappa shape index (κ1) is 16.5. The maximum atomic E-state index is 13.6. The molecule has 1 aliphatic heterocycles. The molecule has 1 saturated heterocycles. The normalized spacial score (nSPS) is 18.4. The van der Waals surface area contributed by atoms with E-state index in [0.29, 0.717) is 6.54 Å². The van der Waals surface area contributed by atoms with Gasteiger partial charge in [0.25, 0.3) is 5.95 Å². The fraction of sp³-hybridized carbons (Fsp3) is 0.625. The van der Waals surface area contributed by atoms with Gasteiger partial charge in [0.05, 0.1) is 6.04 Å². The van der Waals surface area contributed by atoms with Crippen LogP contribution in [0.3, 0.4) is 0 Å². The Morgan fingerprint density at radius 1 is 1.50 bits per heavy atom. The number of aryl methyl sites for hydroxylation is 1. The van der Waals surface area contributed by atoms with Gasteiger partial charge in [-0.2, -0.15) is 4.39 Å². The van der Waals surface area contributed by atoms with Gasteiger partial charge in [0.15, 0.2) is 5.75 Å². The number of pyridine rings is 1. The van der Waals surface area contributed by atoms with Crippen LogP contribution in [0.15, 0.2) is 12.3 Å². The highest BCUT2D eigenvalue weighted by Crippen LogP contribution is 2.23. The Hall–Kier alpha value is -1.85. The monoisotopic (exact) mass is 310 g/mol. The zero-order chi connectivity index (χ0) is 16.3. The minimum Gasteiger partial charge on any atom is -0.487 e. The molecule has 0 N–H and O–H groups in total. The lowest BCUT2D eigenvalue weighted by Gasteiger charge is -2.28. The van der Waals surface area contributed by atoms with Crippen LogP contribution in [0.1, 0.15) is 39.2 Å². The Morgan fingerprint density at radius 3 is 2.91 bits per heavy atom. The second-order valence-corrected chi connectivity index (χ2v) is 6.58. The third-order valence-corrected chi connectivity index (χ3v) is 3.38. The number of nitrogens with zero attached hydrogens (tertiary/aromatic N) is 2. The molecule has 1 unspecified atom stereocenters. The van der Waals surface area contributed by atoms with Gasteiger partial charge in [0.2, 0.25) is 0 Å². The number of hydrogen-bond donors (Lipinski definition) is 0. The molecule has 0 radical (unpaired) electrons. The van der Waals surface area contributed by atoms with Crippen molar-refractivity contribution in [2.45, 2.75) is 52.2 Å². The molecule has 1 aliphatic rings. The molecule has 0 aliphatic carbocycles. The Kier molecular flexibility index (Phi) is 4.88. The Bertz CT molecular complexity index is 543. The fourth-order valence-corrected chi connectivity index (χ4v) is 2.38. The van der Waals surface area contributed by atoms with Gasteiger partial charge in [-0.25, -0.2) is 9.78 Å². The molecule has 0 aromatic carbocycles. The van der Waals surface area contributed by atoms with Crippen LogP contribution in [0.25, 0.3) is 0 Å². The van der Waals surface area contributed by atoms with Gasteiger partial charge in [-0.3, -0.25) is 0 Å². The van der Waals surface area contributed by atoms with Gasteiger partial charge < -0.3 is 14.4 Å². The highest BCUT2D eigenvalue weighted by Gasteiger charge is 2.32. The number of ether oxygens (including phenoxy) is 2. The van der Waals surface area contributed by atoms with Crippen molar-refractivity contribution in [3.05, 3.63) is 23.8 Å². The van der Waals surface area contributed by atoms with Gasteiger partial charge in [0.1, 0.15) is 12.2 Å². The molecule has 2 heterocycles. The standard InChI is InChI=1S/C16H23FN2O3/c1-11-8-13(14(17)18-9-11)21-10-12-6-5-7-19(12)15(20)22-16(2,3)4/h8-9,12H,5-7,10H2,1-4H3. The lowest BCUT2D eigenvalue weighted by molar-refractivity contribution is 0.0186. The second kappa shape index (κ2) is 6.50. The van der Waals surface area contributed by atoms with Crippen molar-refractivity contribution in [1.82, 2.24) is 9.88 Å². The van der Waals surface area contributed by atoms with Crippen molar-refractivity contribution < 1.29 is 18.7 Å². The Balaban J connectivity index is 1.97. The zero-order valence-electron chi connectivity index (χ0n) is 13.6. The minimum atomic E-state index is -0.632. The van der Waals surface area contributed by atoms with Crippen molar-refractivity contribution in [2.75, 3.05) is 13.2 Å². The Morgan fingerprint density at radius 2 is 2.23 bits per heavy atom. The molecule has 0 spiro atoms. The summed E-state index contributed by atoms with van der Waals surface area (Å²) in [5.41, 5.74) is 0.296. The van der Waals surface area contributed by atoms with E-state index in [2.05, 4.69) is 4.98 Å². The number of carbonyl (C=O) groups is 1. The summed E-state index contributed by atoms with van der Waals surface area (Å²) in [6.45, 7) is 8.20. The molecule has 6 heteroatoms. The molecule has 122 valence electrons. The van der Waals surface area contributed by atoms with Crippen LogP contribution >= 0.6 is 0 Å². The zero-order valence-corrected chi connectivity index (χ0v) is 13.6. The molecule has 1 aromatic rings. The van der Waals surface area contributed by atoms with E-state index < -0.39 is 11.5 Å². The number of carbonyl (C=O) groups excluding carboxylic acids is 1.